The Hall–Kier alpha value is -2.21. The van der Waals surface area contributed by atoms with Gasteiger partial charge in [-0.3, -0.25) is 14.0 Å². The first-order chi connectivity index (χ1) is 9.70. The third kappa shape index (κ3) is 3.64. The Kier molecular flexibility index (Phi) is 4.84. The lowest BCUT2D eigenvalue weighted by Crippen LogP contribution is -2.34. The number of hydrogen-bond donors (Lipinski definition) is 2. The molecule has 6 heteroatoms. The van der Waals surface area contributed by atoms with Crippen molar-refractivity contribution in [3.05, 3.63) is 46.5 Å². The zero-order chi connectivity index (χ0) is 14.4. The van der Waals surface area contributed by atoms with Crippen LogP contribution in [0.1, 0.15) is 19.0 Å². The molecule has 20 heavy (non-hydrogen) atoms. The van der Waals surface area contributed by atoms with Crippen molar-refractivity contribution in [2.45, 2.75) is 19.9 Å². The highest BCUT2D eigenvalue weighted by atomic mass is 16.2. The number of nitrogens with one attached hydrogen (secondary N) is 2. The van der Waals surface area contributed by atoms with Crippen LogP contribution in [0.25, 0.3) is 5.65 Å². The van der Waals surface area contributed by atoms with Crippen molar-refractivity contribution in [1.82, 2.24) is 20.0 Å². The number of nitrogens with zero attached hydrogens (tertiary/aromatic N) is 2. The van der Waals surface area contributed by atoms with E-state index in [0.717, 1.165) is 6.42 Å². The molecule has 0 radical (unpaired) electrons. The molecule has 0 aromatic carbocycles. The summed E-state index contributed by atoms with van der Waals surface area (Å²) >= 11 is 0. The van der Waals surface area contributed by atoms with Gasteiger partial charge in [-0.05, 0) is 18.6 Å². The summed E-state index contributed by atoms with van der Waals surface area (Å²) in [7, 11) is 0. The summed E-state index contributed by atoms with van der Waals surface area (Å²) in [6.45, 7) is 3.28. The number of hydrogen-bond acceptors (Lipinski definition) is 4. The topological polar surface area (TPSA) is 75.5 Å². The van der Waals surface area contributed by atoms with Crippen LogP contribution in [-0.4, -0.2) is 28.4 Å². The number of fused-ring (bicyclic) bond motifs is 1. The third-order valence-corrected chi connectivity index (χ3v) is 2.79. The fourth-order valence-electron chi connectivity index (χ4n) is 1.82. The molecule has 106 valence electrons. The van der Waals surface area contributed by atoms with E-state index in [2.05, 4.69) is 15.6 Å². The molecule has 2 rings (SSSR count). The fourth-order valence-corrected chi connectivity index (χ4v) is 1.82. The minimum Gasteiger partial charge on any atom is -0.355 e. The maximum Gasteiger partial charge on any atom is 0.258 e. The molecule has 2 aromatic heterocycles. The standard InChI is InChI=1S/C14H18N4O2/c1-2-6-16-13(19)10-15-9-11-8-14(20)18-7-4-3-5-12(18)17-11/h3-5,7-8,15H,2,6,9-10H2,1H3,(H,16,19). The molecule has 0 atom stereocenters. The van der Waals surface area contributed by atoms with Gasteiger partial charge in [-0.1, -0.05) is 13.0 Å². The summed E-state index contributed by atoms with van der Waals surface area (Å²) in [5.74, 6) is -0.0515. The van der Waals surface area contributed by atoms with Gasteiger partial charge in [0.2, 0.25) is 5.91 Å². The van der Waals surface area contributed by atoms with Gasteiger partial charge in [-0.15, -0.1) is 0 Å². The summed E-state index contributed by atoms with van der Waals surface area (Å²) in [6.07, 6.45) is 2.59. The lowest BCUT2D eigenvalue weighted by Gasteiger charge is -2.06. The molecule has 1 amide bonds. The lowest BCUT2D eigenvalue weighted by atomic mass is 10.3. The molecule has 6 nitrogen and oxygen atoms in total. The minimum absolute atomic E-state index is 0.0515. The largest absolute Gasteiger partial charge is 0.355 e. The molecule has 0 bridgehead atoms. The van der Waals surface area contributed by atoms with Crippen LogP contribution < -0.4 is 16.2 Å². The lowest BCUT2D eigenvalue weighted by molar-refractivity contribution is -0.120. The van der Waals surface area contributed by atoms with Gasteiger partial charge >= 0.3 is 0 Å². The zero-order valence-corrected chi connectivity index (χ0v) is 11.4. The van der Waals surface area contributed by atoms with Crippen molar-refractivity contribution in [2.75, 3.05) is 13.1 Å². The number of amides is 1. The Bertz CT molecular complexity index is 651. The minimum atomic E-state index is -0.122. The number of carbonyl (C=O) groups excluding carboxylic acids is 1. The Morgan fingerprint density at radius 2 is 2.25 bits per heavy atom. The highest BCUT2D eigenvalue weighted by Gasteiger charge is 2.03. The highest BCUT2D eigenvalue weighted by Crippen LogP contribution is 1.98. The van der Waals surface area contributed by atoms with Crippen LogP contribution >= 0.6 is 0 Å². The van der Waals surface area contributed by atoms with E-state index >= 15 is 0 Å². The number of carbonyl (C=O) groups is 1. The second-order valence-corrected chi connectivity index (χ2v) is 4.47. The van der Waals surface area contributed by atoms with Gasteiger partial charge in [-0.2, -0.15) is 0 Å². The molecule has 0 unspecified atom stereocenters. The first kappa shape index (κ1) is 14.2. The van der Waals surface area contributed by atoms with Gasteiger partial charge in [0.1, 0.15) is 5.65 Å². The summed E-state index contributed by atoms with van der Waals surface area (Å²) in [4.78, 5) is 27.6. The second-order valence-electron chi connectivity index (χ2n) is 4.47. The van der Waals surface area contributed by atoms with Crippen molar-refractivity contribution >= 4 is 11.6 Å². The molecule has 2 heterocycles. The van der Waals surface area contributed by atoms with Crippen molar-refractivity contribution < 1.29 is 4.79 Å². The van der Waals surface area contributed by atoms with E-state index in [4.69, 9.17) is 0 Å². The average molecular weight is 274 g/mol. The van der Waals surface area contributed by atoms with Gasteiger partial charge in [0, 0.05) is 25.4 Å². The Morgan fingerprint density at radius 3 is 3.05 bits per heavy atom. The molecule has 2 N–H and O–H groups in total. The first-order valence-electron chi connectivity index (χ1n) is 6.65. The molecule has 0 aliphatic rings. The SMILES string of the molecule is CCCNC(=O)CNCc1cc(=O)n2ccccc2n1. The van der Waals surface area contributed by atoms with E-state index in [1.54, 1.807) is 18.3 Å². The van der Waals surface area contributed by atoms with Gasteiger partial charge in [-0.25, -0.2) is 4.98 Å². The number of pyridine rings is 1. The number of rotatable bonds is 6. The summed E-state index contributed by atoms with van der Waals surface area (Å²) in [5.41, 5.74) is 1.11. The molecule has 2 aromatic rings. The monoisotopic (exact) mass is 274 g/mol. The smallest absolute Gasteiger partial charge is 0.258 e. The summed E-state index contributed by atoms with van der Waals surface area (Å²) in [6, 6.07) is 6.87. The van der Waals surface area contributed by atoms with E-state index in [1.807, 2.05) is 13.0 Å². The zero-order valence-electron chi connectivity index (χ0n) is 11.4. The molecule has 0 saturated heterocycles. The maximum absolute atomic E-state index is 11.9. The quantitative estimate of drug-likeness (QED) is 0.795. The van der Waals surface area contributed by atoms with Crippen molar-refractivity contribution in [3.8, 4) is 0 Å². The van der Waals surface area contributed by atoms with Gasteiger partial charge in [0.15, 0.2) is 0 Å². The van der Waals surface area contributed by atoms with Crippen molar-refractivity contribution in [2.24, 2.45) is 0 Å². The summed E-state index contributed by atoms with van der Waals surface area (Å²) < 4.78 is 1.48. The molecule has 0 aliphatic heterocycles. The first-order valence-corrected chi connectivity index (χ1v) is 6.65. The molecule has 0 fully saturated rings. The normalized spacial score (nSPS) is 10.7. The van der Waals surface area contributed by atoms with E-state index in [9.17, 15) is 9.59 Å². The van der Waals surface area contributed by atoms with Crippen molar-refractivity contribution in [3.63, 3.8) is 0 Å². The van der Waals surface area contributed by atoms with Gasteiger partial charge < -0.3 is 10.6 Å². The van der Waals surface area contributed by atoms with E-state index in [-0.39, 0.29) is 18.0 Å². The van der Waals surface area contributed by atoms with Crippen LogP contribution in [0.15, 0.2) is 35.3 Å². The van der Waals surface area contributed by atoms with E-state index in [0.29, 0.717) is 24.4 Å². The van der Waals surface area contributed by atoms with Crippen LogP contribution in [0.3, 0.4) is 0 Å². The fraction of sp³-hybridized carbons (Fsp3) is 0.357. The second kappa shape index (κ2) is 6.81. The Balaban J connectivity index is 1.97. The molecule has 0 spiro atoms. The molecule has 0 saturated carbocycles. The predicted octanol–water partition coefficient (Wildman–Crippen LogP) is 0.310. The van der Waals surface area contributed by atoms with Crippen LogP contribution in [0.2, 0.25) is 0 Å². The molecule has 0 aliphatic carbocycles. The molecular weight excluding hydrogens is 256 g/mol. The summed E-state index contributed by atoms with van der Waals surface area (Å²) in [5, 5.41) is 5.75. The predicted molar refractivity (Wildman–Crippen MR) is 76.5 cm³/mol. The maximum atomic E-state index is 11.9. The van der Waals surface area contributed by atoms with Crippen LogP contribution in [0.4, 0.5) is 0 Å². The van der Waals surface area contributed by atoms with Crippen molar-refractivity contribution in [1.29, 1.82) is 0 Å². The Labute approximate surface area is 116 Å². The van der Waals surface area contributed by atoms with E-state index in [1.165, 1.54) is 10.5 Å². The number of aromatic nitrogens is 2. The van der Waals surface area contributed by atoms with Crippen LogP contribution in [0, 0.1) is 0 Å². The van der Waals surface area contributed by atoms with E-state index < -0.39 is 0 Å². The molecular formula is C14H18N4O2. The average Bonchev–Trinajstić information content (AvgIpc) is 2.45. The van der Waals surface area contributed by atoms with Gasteiger partial charge in [0.25, 0.3) is 5.56 Å². The van der Waals surface area contributed by atoms with Gasteiger partial charge in [0.05, 0.1) is 12.2 Å². The third-order valence-electron chi connectivity index (χ3n) is 2.79. The highest BCUT2D eigenvalue weighted by molar-refractivity contribution is 5.77. The van der Waals surface area contributed by atoms with Crippen LogP contribution in [0.5, 0.6) is 0 Å². The van der Waals surface area contributed by atoms with Crippen LogP contribution in [-0.2, 0) is 11.3 Å². The Morgan fingerprint density at radius 1 is 1.40 bits per heavy atom.